The first kappa shape index (κ1) is 21.3. The molecule has 6 heteroatoms. The van der Waals surface area contributed by atoms with Crippen molar-refractivity contribution in [2.45, 2.75) is 26.7 Å². The summed E-state index contributed by atoms with van der Waals surface area (Å²) in [6, 6.07) is 22.8. The Kier molecular flexibility index (Phi) is 6.31. The molecule has 0 aliphatic carbocycles. The third-order valence-corrected chi connectivity index (χ3v) is 5.18. The minimum Gasteiger partial charge on any atom is -0.481 e. The second kappa shape index (κ2) is 9.47. The van der Waals surface area contributed by atoms with Crippen LogP contribution in [-0.4, -0.2) is 31.0 Å². The van der Waals surface area contributed by atoms with E-state index in [2.05, 4.69) is 19.9 Å². The molecule has 0 unspecified atom stereocenters. The average Bonchev–Trinajstić information content (AvgIpc) is 2.79. The fourth-order valence-electron chi connectivity index (χ4n) is 3.59. The minimum absolute atomic E-state index is 0.309. The number of aryl methyl sites for hydroxylation is 2. The van der Waals surface area contributed by atoms with Crippen molar-refractivity contribution in [2.75, 3.05) is 0 Å². The molecule has 4 aromatic heterocycles. The molecule has 0 saturated carbocycles. The third kappa shape index (κ3) is 5.21. The number of nitrogens with zero attached hydrogens (tertiary/aromatic N) is 4. The second-order valence-corrected chi connectivity index (χ2v) is 7.80. The first-order chi connectivity index (χ1) is 15.5. The molecule has 0 fully saturated rings. The molecule has 4 heterocycles. The van der Waals surface area contributed by atoms with Crippen molar-refractivity contribution in [2.24, 2.45) is 5.92 Å². The molecule has 4 aromatic rings. The highest BCUT2D eigenvalue weighted by atomic mass is 16.4. The smallest absolute Gasteiger partial charge is 0.307 e. The molecule has 160 valence electrons. The SMILES string of the molecule is Cc1cccc(-c2cccc(CC(Cc3cccc(-c4cccc(C)n4)n3)C(=O)O)n2)n1. The molecule has 0 bridgehead atoms. The summed E-state index contributed by atoms with van der Waals surface area (Å²) in [6.45, 7) is 3.86. The van der Waals surface area contributed by atoms with E-state index < -0.39 is 11.9 Å². The van der Waals surface area contributed by atoms with E-state index in [0.717, 1.165) is 45.6 Å². The topological polar surface area (TPSA) is 88.9 Å². The van der Waals surface area contributed by atoms with Crippen LogP contribution in [0.2, 0.25) is 0 Å². The number of carboxylic acid groups (broad SMARTS) is 1. The maximum atomic E-state index is 12.0. The van der Waals surface area contributed by atoms with E-state index in [0.29, 0.717) is 12.8 Å². The van der Waals surface area contributed by atoms with Gasteiger partial charge in [-0.1, -0.05) is 24.3 Å². The van der Waals surface area contributed by atoms with Crippen LogP contribution in [0, 0.1) is 19.8 Å². The fourth-order valence-corrected chi connectivity index (χ4v) is 3.59. The van der Waals surface area contributed by atoms with Crippen molar-refractivity contribution in [3.8, 4) is 22.8 Å². The van der Waals surface area contributed by atoms with Gasteiger partial charge in [0.25, 0.3) is 0 Å². The average molecular weight is 425 g/mol. The van der Waals surface area contributed by atoms with Crippen LogP contribution >= 0.6 is 0 Å². The van der Waals surface area contributed by atoms with E-state index in [1.54, 1.807) is 0 Å². The number of aromatic nitrogens is 4. The Bertz CT molecular complexity index is 1160. The summed E-state index contributed by atoms with van der Waals surface area (Å²) in [6.07, 6.45) is 0.618. The normalized spacial score (nSPS) is 11.0. The Morgan fingerprint density at radius 3 is 1.41 bits per heavy atom. The van der Waals surface area contributed by atoms with Crippen LogP contribution in [-0.2, 0) is 17.6 Å². The van der Waals surface area contributed by atoms with Gasteiger partial charge in [-0.25, -0.2) is 0 Å². The molecular weight excluding hydrogens is 400 g/mol. The van der Waals surface area contributed by atoms with Crippen LogP contribution in [0.4, 0.5) is 0 Å². The Morgan fingerprint density at radius 2 is 1.03 bits per heavy atom. The van der Waals surface area contributed by atoms with E-state index in [9.17, 15) is 9.90 Å². The Balaban J connectivity index is 1.55. The zero-order valence-corrected chi connectivity index (χ0v) is 18.1. The van der Waals surface area contributed by atoms with E-state index in [4.69, 9.17) is 0 Å². The van der Waals surface area contributed by atoms with Gasteiger partial charge in [0.05, 0.1) is 28.7 Å². The van der Waals surface area contributed by atoms with Crippen molar-refractivity contribution in [1.82, 2.24) is 19.9 Å². The lowest BCUT2D eigenvalue weighted by Crippen LogP contribution is -2.20. The lowest BCUT2D eigenvalue weighted by molar-refractivity contribution is -0.141. The predicted octanol–water partition coefficient (Wildman–Crippen LogP) is 4.70. The van der Waals surface area contributed by atoms with Crippen molar-refractivity contribution >= 4 is 5.97 Å². The van der Waals surface area contributed by atoms with Crippen molar-refractivity contribution in [3.63, 3.8) is 0 Å². The van der Waals surface area contributed by atoms with E-state index in [1.165, 1.54) is 0 Å². The standard InChI is InChI=1S/C26H24N4O2/c1-17-7-3-11-22(27-17)24-13-5-9-20(29-24)15-19(26(31)32)16-21-10-6-14-25(30-21)23-12-4-8-18(2)28-23/h3-14,19H,15-16H2,1-2H3,(H,31,32). The van der Waals surface area contributed by atoms with Gasteiger partial charge in [0.1, 0.15) is 0 Å². The first-order valence-electron chi connectivity index (χ1n) is 10.5. The number of carbonyl (C=O) groups is 1. The lowest BCUT2D eigenvalue weighted by Gasteiger charge is -2.13. The molecule has 0 radical (unpaired) electrons. The van der Waals surface area contributed by atoms with Crippen LogP contribution in [0.15, 0.2) is 72.8 Å². The maximum absolute atomic E-state index is 12.0. The highest BCUT2D eigenvalue weighted by Crippen LogP contribution is 2.20. The number of aliphatic carboxylic acids is 1. The molecule has 4 rings (SSSR count). The summed E-state index contributed by atoms with van der Waals surface area (Å²) in [5, 5.41) is 9.86. The van der Waals surface area contributed by atoms with E-state index in [-0.39, 0.29) is 0 Å². The van der Waals surface area contributed by atoms with Gasteiger partial charge in [-0.3, -0.25) is 24.7 Å². The number of carboxylic acids is 1. The first-order valence-corrected chi connectivity index (χ1v) is 10.5. The number of rotatable bonds is 7. The fraction of sp³-hybridized carbons (Fsp3) is 0.192. The predicted molar refractivity (Wildman–Crippen MR) is 123 cm³/mol. The summed E-state index contributed by atoms with van der Waals surface area (Å²) < 4.78 is 0. The molecule has 0 spiro atoms. The number of hydrogen-bond donors (Lipinski definition) is 1. The van der Waals surface area contributed by atoms with Crippen molar-refractivity contribution < 1.29 is 9.90 Å². The largest absolute Gasteiger partial charge is 0.481 e. The van der Waals surface area contributed by atoms with Crippen molar-refractivity contribution in [1.29, 1.82) is 0 Å². The van der Waals surface area contributed by atoms with Crippen LogP contribution in [0.3, 0.4) is 0 Å². The zero-order chi connectivity index (χ0) is 22.5. The van der Waals surface area contributed by atoms with Gasteiger partial charge in [-0.05, 0) is 62.4 Å². The van der Waals surface area contributed by atoms with Gasteiger partial charge in [0, 0.05) is 35.6 Å². The maximum Gasteiger partial charge on any atom is 0.307 e. The second-order valence-electron chi connectivity index (χ2n) is 7.80. The Labute approximate surface area is 187 Å². The quantitative estimate of drug-likeness (QED) is 0.462. The van der Waals surface area contributed by atoms with Crippen LogP contribution in [0.25, 0.3) is 22.8 Å². The summed E-state index contributed by atoms with van der Waals surface area (Å²) in [7, 11) is 0. The molecular formula is C26H24N4O2. The summed E-state index contributed by atoms with van der Waals surface area (Å²) >= 11 is 0. The van der Waals surface area contributed by atoms with Gasteiger partial charge < -0.3 is 5.11 Å². The molecule has 0 aromatic carbocycles. The Morgan fingerprint density at radius 1 is 0.656 bits per heavy atom. The zero-order valence-electron chi connectivity index (χ0n) is 18.1. The summed E-state index contributed by atoms with van der Waals surface area (Å²) in [5.41, 5.74) is 6.28. The molecule has 0 atom stereocenters. The highest BCUT2D eigenvalue weighted by molar-refractivity contribution is 5.71. The summed E-state index contributed by atoms with van der Waals surface area (Å²) in [4.78, 5) is 30.4. The van der Waals surface area contributed by atoms with Gasteiger partial charge >= 0.3 is 5.97 Å². The third-order valence-electron chi connectivity index (χ3n) is 5.18. The molecule has 6 nitrogen and oxygen atoms in total. The number of pyridine rings is 4. The molecule has 32 heavy (non-hydrogen) atoms. The van der Waals surface area contributed by atoms with Crippen LogP contribution < -0.4 is 0 Å². The molecule has 0 aliphatic rings. The lowest BCUT2D eigenvalue weighted by atomic mass is 9.96. The van der Waals surface area contributed by atoms with Gasteiger partial charge in [0.2, 0.25) is 0 Å². The van der Waals surface area contributed by atoms with Gasteiger partial charge in [-0.15, -0.1) is 0 Å². The minimum atomic E-state index is -0.869. The molecule has 1 N–H and O–H groups in total. The van der Waals surface area contributed by atoms with Gasteiger partial charge in [0.15, 0.2) is 0 Å². The van der Waals surface area contributed by atoms with Crippen LogP contribution in [0.1, 0.15) is 22.8 Å². The monoisotopic (exact) mass is 424 g/mol. The van der Waals surface area contributed by atoms with E-state index in [1.807, 2.05) is 86.6 Å². The number of hydrogen-bond acceptors (Lipinski definition) is 5. The highest BCUT2D eigenvalue weighted by Gasteiger charge is 2.21. The van der Waals surface area contributed by atoms with Gasteiger partial charge in [-0.2, -0.15) is 0 Å². The van der Waals surface area contributed by atoms with E-state index >= 15 is 0 Å². The molecule has 0 saturated heterocycles. The molecule has 0 aliphatic heterocycles. The van der Waals surface area contributed by atoms with Crippen LogP contribution in [0.5, 0.6) is 0 Å². The molecule has 0 amide bonds. The Hall–Kier alpha value is -3.93. The van der Waals surface area contributed by atoms with Crippen molar-refractivity contribution in [3.05, 3.63) is 95.6 Å². The summed E-state index contributed by atoms with van der Waals surface area (Å²) in [5.74, 6) is -1.51.